The van der Waals surface area contributed by atoms with E-state index in [1.165, 1.54) is 37.1 Å². The summed E-state index contributed by atoms with van der Waals surface area (Å²) in [6.07, 6.45) is 4.01. The van der Waals surface area contributed by atoms with Gasteiger partial charge in [-0.1, -0.05) is 45.9 Å². The Morgan fingerprint density at radius 2 is 1.85 bits per heavy atom. The lowest BCUT2D eigenvalue weighted by molar-refractivity contribution is 0.565. The minimum atomic E-state index is 0.535. The van der Waals surface area contributed by atoms with Gasteiger partial charge in [-0.3, -0.25) is 0 Å². The van der Waals surface area contributed by atoms with Crippen LogP contribution in [-0.2, 0) is 6.54 Å². The fourth-order valence-electron chi connectivity index (χ4n) is 2.54. The zero-order chi connectivity index (χ0) is 14.5. The lowest BCUT2D eigenvalue weighted by Crippen LogP contribution is -2.30. The van der Waals surface area contributed by atoms with E-state index in [2.05, 4.69) is 62.2 Å². The molecule has 0 aliphatic heterocycles. The second kappa shape index (κ2) is 7.12. The summed E-state index contributed by atoms with van der Waals surface area (Å²) in [5, 5.41) is 3.55. The molecule has 2 heteroatoms. The fourth-order valence-corrected chi connectivity index (χ4v) is 2.54. The van der Waals surface area contributed by atoms with E-state index < -0.39 is 0 Å². The molecule has 0 radical (unpaired) electrons. The largest absolute Gasteiger partial charge is 0.368 e. The van der Waals surface area contributed by atoms with Crippen LogP contribution in [0.2, 0.25) is 0 Å². The van der Waals surface area contributed by atoms with Gasteiger partial charge >= 0.3 is 0 Å². The van der Waals surface area contributed by atoms with Crippen LogP contribution in [0.4, 0.5) is 5.69 Å². The van der Waals surface area contributed by atoms with E-state index in [0.29, 0.717) is 6.04 Å². The normalized spacial score (nSPS) is 15.1. The van der Waals surface area contributed by atoms with Crippen LogP contribution >= 0.6 is 0 Å². The summed E-state index contributed by atoms with van der Waals surface area (Å²) >= 11 is 0. The summed E-state index contributed by atoms with van der Waals surface area (Å²) in [5.41, 5.74) is 2.89. The highest BCUT2D eigenvalue weighted by atomic mass is 15.2. The number of benzene rings is 1. The maximum absolute atomic E-state index is 3.55. The highest BCUT2D eigenvalue weighted by Crippen LogP contribution is 2.34. The summed E-state index contributed by atoms with van der Waals surface area (Å²) in [4.78, 5) is 2.65. The average molecular weight is 274 g/mol. The summed E-state index contributed by atoms with van der Waals surface area (Å²) in [6, 6.07) is 10.2. The molecule has 20 heavy (non-hydrogen) atoms. The fraction of sp³-hybridized carbons (Fsp3) is 0.667. The predicted molar refractivity (Wildman–Crippen MR) is 88.2 cm³/mol. The van der Waals surface area contributed by atoms with Gasteiger partial charge < -0.3 is 10.2 Å². The Hall–Kier alpha value is -1.02. The molecule has 1 saturated carbocycles. The molecular weight excluding hydrogens is 244 g/mol. The van der Waals surface area contributed by atoms with Crippen LogP contribution in [0.15, 0.2) is 24.3 Å². The molecule has 1 aromatic carbocycles. The lowest BCUT2D eigenvalue weighted by atomic mass is 10.1. The van der Waals surface area contributed by atoms with Crippen molar-refractivity contribution in [1.82, 2.24) is 5.32 Å². The number of anilines is 1. The number of rotatable bonds is 8. The minimum absolute atomic E-state index is 0.535. The molecule has 0 amide bonds. The molecule has 0 spiro atoms. The standard InChI is InChI=1S/C18H30N2/c1-14(2)11-12-20(17-9-10-17)18-8-6-5-7-16(18)13-19-15(3)4/h5-8,14-15,17,19H,9-13H2,1-4H3. The Balaban J connectivity index is 2.10. The third kappa shape index (κ3) is 4.52. The van der Waals surface area contributed by atoms with Crippen LogP contribution in [0.3, 0.4) is 0 Å². The van der Waals surface area contributed by atoms with Crippen molar-refractivity contribution >= 4 is 5.69 Å². The number of hydrogen-bond acceptors (Lipinski definition) is 2. The van der Waals surface area contributed by atoms with E-state index in [9.17, 15) is 0 Å². The van der Waals surface area contributed by atoms with Crippen LogP contribution in [0.25, 0.3) is 0 Å². The maximum atomic E-state index is 3.55. The topological polar surface area (TPSA) is 15.3 Å². The van der Waals surface area contributed by atoms with Crippen molar-refractivity contribution in [3.05, 3.63) is 29.8 Å². The average Bonchev–Trinajstić information content (AvgIpc) is 3.22. The first kappa shape index (κ1) is 15.4. The van der Waals surface area contributed by atoms with Crippen molar-refractivity contribution in [2.75, 3.05) is 11.4 Å². The van der Waals surface area contributed by atoms with Crippen LogP contribution in [0, 0.1) is 5.92 Å². The molecule has 1 aromatic rings. The Bertz CT molecular complexity index is 408. The third-order valence-electron chi connectivity index (χ3n) is 3.94. The first-order chi connectivity index (χ1) is 9.58. The smallest absolute Gasteiger partial charge is 0.0414 e. The highest BCUT2D eigenvalue weighted by Gasteiger charge is 2.30. The summed E-state index contributed by atoms with van der Waals surface area (Å²) in [5.74, 6) is 0.775. The van der Waals surface area contributed by atoms with E-state index in [1.807, 2.05) is 0 Å². The van der Waals surface area contributed by atoms with Crippen molar-refractivity contribution in [1.29, 1.82) is 0 Å². The molecule has 1 aliphatic rings. The van der Waals surface area contributed by atoms with E-state index in [0.717, 1.165) is 18.5 Å². The molecule has 1 N–H and O–H groups in total. The van der Waals surface area contributed by atoms with Gasteiger partial charge in [0.15, 0.2) is 0 Å². The molecule has 0 unspecified atom stereocenters. The van der Waals surface area contributed by atoms with Crippen molar-refractivity contribution < 1.29 is 0 Å². The zero-order valence-corrected chi connectivity index (χ0v) is 13.5. The first-order valence-corrected chi connectivity index (χ1v) is 8.16. The number of nitrogens with zero attached hydrogens (tertiary/aromatic N) is 1. The second-order valence-electron chi connectivity index (χ2n) is 6.77. The first-order valence-electron chi connectivity index (χ1n) is 8.16. The Labute approximate surface area is 124 Å². The van der Waals surface area contributed by atoms with Crippen LogP contribution in [-0.4, -0.2) is 18.6 Å². The Morgan fingerprint density at radius 3 is 2.45 bits per heavy atom. The van der Waals surface area contributed by atoms with Gasteiger partial charge in [-0.05, 0) is 36.8 Å². The molecule has 1 aliphatic carbocycles. The molecule has 0 atom stereocenters. The van der Waals surface area contributed by atoms with Crippen molar-refractivity contribution in [2.45, 2.75) is 65.6 Å². The molecular formula is C18H30N2. The van der Waals surface area contributed by atoms with E-state index in [-0.39, 0.29) is 0 Å². The van der Waals surface area contributed by atoms with Gasteiger partial charge in [0, 0.05) is 30.9 Å². The van der Waals surface area contributed by atoms with Crippen molar-refractivity contribution in [3.8, 4) is 0 Å². The maximum Gasteiger partial charge on any atom is 0.0414 e. The Morgan fingerprint density at radius 1 is 1.15 bits per heavy atom. The number of nitrogens with one attached hydrogen (secondary N) is 1. The molecule has 0 heterocycles. The van der Waals surface area contributed by atoms with Gasteiger partial charge in [0.25, 0.3) is 0 Å². The van der Waals surface area contributed by atoms with Crippen molar-refractivity contribution in [3.63, 3.8) is 0 Å². The highest BCUT2D eigenvalue weighted by molar-refractivity contribution is 5.55. The molecule has 112 valence electrons. The van der Waals surface area contributed by atoms with E-state index in [4.69, 9.17) is 0 Å². The van der Waals surface area contributed by atoms with Gasteiger partial charge in [-0.25, -0.2) is 0 Å². The van der Waals surface area contributed by atoms with E-state index >= 15 is 0 Å². The molecule has 1 fully saturated rings. The van der Waals surface area contributed by atoms with Gasteiger partial charge in [-0.15, -0.1) is 0 Å². The summed E-state index contributed by atoms with van der Waals surface area (Å²) in [6.45, 7) is 11.2. The molecule has 0 saturated heterocycles. The quantitative estimate of drug-likeness (QED) is 0.764. The molecule has 0 bridgehead atoms. The number of para-hydroxylation sites is 1. The third-order valence-corrected chi connectivity index (χ3v) is 3.94. The Kier molecular flexibility index (Phi) is 5.47. The van der Waals surface area contributed by atoms with E-state index in [1.54, 1.807) is 0 Å². The molecule has 2 nitrogen and oxygen atoms in total. The SMILES string of the molecule is CC(C)CCN(c1ccccc1CNC(C)C)C1CC1. The summed E-state index contributed by atoms with van der Waals surface area (Å²) in [7, 11) is 0. The van der Waals surface area contributed by atoms with Gasteiger partial charge in [0.2, 0.25) is 0 Å². The second-order valence-corrected chi connectivity index (χ2v) is 6.77. The van der Waals surface area contributed by atoms with Crippen LogP contribution < -0.4 is 10.2 Å². The zero-order valence-electron chi connectivity index (χ0n) is 13.5. The minimum Gasteiger partial charge on any atom is -0.368 e. The summed E-state index contributed by atoms with van der Waals surface area (Å²) < 4.78 is 0. The van der Waals surface area contributed by atoms with Gasteiger partial charge in [0.1, 0.15) is 0 Å². The molecule has 0 aromatic heterocycles. The number of hydrogen-bond donors (Lipinski definition) is 1. The van der Waals surface area contributed by atoms with Crippen molar-refractivity contribution in [2.24, 2.45) is 5.92 Å². The van der Waals surface area contributed by atoms with Gasteiger partial charge in [0.05, 0.1) is 0 Å². The van der Waals surface area contributed by atoms with Gasteiger partial charge in [-0.2, -0.15) is 0 Å². The predicted octanol–water partition coefficient (Wildman–Crippen LogP) is 4.20. The monoisotopic (exact) mass is 274 g/mol. The van der Waals surface area contributed by atoms with Crippen LogP contribution in [0.1, 0.15) is 52.5 Å². The van der Waals surface area contributed by atoms with Crippen LogP contribution in [0.5, 0.6) is 0 Å². The lowest BCUT2D eigenvalue weighted by Gasteiger charge is -2.28. The molecule has 2 rings (SSSR count).